The summed E-state index contributed by atoms with van der Waals surface area (Å²) in [5.41, 5.74) is 0.0566. The van der Waals surface area contributed by atoms with Crippen molar-refractivity contribution < 1.29 is 22.7 Å². The molecule has 0 saturated carbocycles. The molecule has 5 heteroatoms. The van der Waals surface area contributed by atoms with Gasteiger partial charge in [-0.3, -0.25) is 0 Å². The van der Waals surface area contributed by atoms with Crippen molar-refractivity contribution >= 4 is 22.3 Å². The van der Waals surface area contributed by atoms with Crippen molar-refractivity contribution in [3.05, 3.63) is 54.1 Å². The lowest BCUT2D eigenvalue weighted by Crippen LogP contribution is -2.07. The van der Waals surface area contributed by atoms with Crippen LogP contribution in [-0.2, 0) is 15.7 Å². The number of rotatable bonds is 7. The number of esters is 1. The third kappa shape index (κ3) is 5.08. The fraction of sp³-hybridized carbons (Fsp3) is 0.350. The van der Waals surface area contributed by atoms with E-state index >= 15 is 0 Å². The van der Waals surface area contributed by atoms with Crippen molar-refractivity contribution in [3.8, 4) is 0 Å². The summed E-state index contributed by atoms with van der Waals surface area (Å²) < 4.78 is 43.4. The van der Waals surface area contributed by atoms with Crippen LogP contribution in [-0.4, -0.2) is 12.6 Å². The average Bonchev–Trinajstić information content (AvgIpc) is 2.59. The van der Waals surface area contributed by atoms with Crippen LogP contribution in [0, 0.1) is 0 Å². The average molecular weight is 350 g/mol. The van der Waals surface area contributed by atoms with Crippen LogP contribution in [0.2, 0.25) is 0 Å². The first-order valence-corrected chi connectivity index (χ1v) is 8.30. The number of halogens is 3. The van der Waals surface area contributed by atoms with E-state index in [0.717, 1.165) is 37.8 Å². The normalized spacial score (nSPS) is 11.5. The number of carbonyl (C=O) groups excluding carboxylic acids is 1. The van der Waals surface area contributed by atoms with Crippen LogP contribution in [0.5, 0.6) is 0 Å². The minimum Gasteiger partial charge on any atom is -0.462 e. The Kier molecular flexibility index (Phi) is 6.23. The van der Waals surface area contributed by atoms with Gasteiger partial charge in [0, 0.05) is 0 Å². The fourth-order valence-electron chi connectivity index (χ4n) is 2.51. The zero-order valence-electron chi connectivity index (χ0n) is 14.2. The number of hydrogen-bond donors (Lipinski definition) is 0. The number of fused-ring (bicyclic) bond motifs is 1. The lowest BCUT2D eigenvalue weighted by atomic mass is 10.0. The number of unbranched alkanes of at least 4 members (excludes halogenated alkanes) is 3. The van der Waals surface area contributed by atoms with Crippen molar-refractivity contribution in [1.29, 1.82) is 0 Å². The molecule has 134 valence electrons. The van der Waals surface area contributed by atoms with Gasteiger partial charge in [-0.2, -0.15) is 13.2 Å². The highest BCUT2D eigenvalue weighted by molar-refractivity contribution is 6.16. The van der Waals surface area contributed by atoms with E-state index in [1.807, 2.05) is 0 Å². The maximum atomic E-state index is 12.7. The zero-order valence-corrected chi connectivity index (χ0v) is 14.2. The standard InChI is InChI=1S/C20H21F3O2/c1-3-4-5-6-11-25-19(24)14(2)15-7-8-17-13-18(20(21,22)23)10-9-16(17)12-15/h7-10,12-13H,2-6,11H2,1H3. The van der Waals surface area contributed by atoms with Crippen LogP contribution >= 0.6 is 0 Å². The molecule has 0 aliphatic rings. The van der Waals surface area contributed by atoms with Crippen molar-refractivity contribution in [3.63, 3.8) is 0 Å². The van der Waals surface area contributed by atoms with Crippen LogP contribution in [0.25, 0.3) is 16.3 Å². The molecule has 2 nitrogen and oxygen atoms in total. The number of benzene rings is 2. The second-order valence-corrected chi connectivity index (χ2v) is 5.95. The summed E-state index contributed by atoms with van der Waals surface area (Å²) in [6.07, 6.45) is -0.354. The summed E-state index contributed by atoms with van der Waals surface area (Å²) >= 11 is 0. The van der Waals surface area contributed by atoms with Crippen LogP contribution in [0.15, 0.2) is 43.0 Å². The number of ether oxygens (including phenoxy) is 1. The van der Waals surface area contributed by atoms with E-state index in [1.54, 1.807) is 18.2 Å². The monoisotopic (exact) mass is 350 g/mol. The Morgan fingerprint density at radius 2 is 1.72 bits per heavy atom. The van der Waals surface area contributed by atoms with E-state index < -0.39 is 17.7 Å². The second-order valence-electron chi connectivity index (χ2n) is 5.95. The molecule has 0 aliphatic heterocycles. The Morgan fingerprint density at radius 1 is 1.04 bits per heavy atom. The topological polar surface area (TPSA) is 26.3 Å². The van der Waals surface area contributed by atoms with Gasteiger partial charge >= 0.3 is 12.1 Å². The highest BCUT2D eigenvalue weighted by Crippen LogP contribution is 2.32. The van der Waals surface area contributed by atoms with Gasteiger partial charge < -0.3 is 4.74 Å². The molecule has 0 aliphatic carbocycles. The molecule has 0 unspecified atom stereocenters. The van der Waals surface area contributed by atoms with Gasteiger partial charge in [0.25, 0.3) is 0 Å². The van der Waals surface area contributed by atoms with Gasteiger partial charge in [0.2, 0.25) is 0 Å². The Hall–Kier alpha value is -2.30. The van der Waals surface area contributed by atoms with E-state index in [4.69, 9.17) is 4.74 Å². The zero-order chi connectivity index (χ0) is 18.4. The predicted molar refractivity (Wildman–Crippen MR) is 93.1 cm³/mol. The van der Waals surface area contributed by atoms with Crippen LogP contribution < -0.4 is 0 Å². The molecule has 0 aromatic heterocycles. The SMILES string of the molecule is C=C(C(=O)OCCCCCC)c1ccc2cc(C(F)(F)F)ccc2c1. The van der Waals surface area contributed by atoms with Gasteiger partial charge in [-0.05, 0) is 41.0 Å². The molecule has 2 rings (SSSR count). The maximum Gasteiger partial charge on any atom is 0.416 e. The smallest absolute Gasteiger partial charge is 0.416 e. The highest BCUT2D eigenvalue weighted by Gasteiger charge is 2.30. The third-order valence-electron chi connectivity index (χ3n) is 3.99. The van der Waals surface area contributed by atoms with Gasteiger partial charge in [0.1, 0.15) is 0 Å². The van der Waals surface area contributed by atoms with Gasteiger partial charge in [0.15, 0.2) is 0 Å². The third-order valence-corrected chi connectivity index (χ3v) is 3.99. The van der Waals surface area contributed by atoms with Crippen molar-refractivity contribution in [1.82, 2.24) is 0 Å². The fourth-order valence-corrected chi connectivity index (χ4v) is 2.51. The van der Waals surface area contributed by atoms with E-state index in [1.165, 1.54) is 6.07 Å². The quantitative estimate of drug-likeness (QED) is 0.348. The Morgan fingerprint density at radius 3 is 2.40 bits per heavy atom. The number of carbonyl (C=O) groups is 1. The van der Waals surface area contributed by atoms with Gasteiger partial charge in [-0.15, -0.1) is 0 Å². The van der Waals surface area contributed by atoms with Crippen molar-refractivity contribution in [2.24, 2.45) is 0 Å². The Balaban J connectivity index is 2.07. The summed E-state index contributed by atoms with van der Waals surface area (Å²) in [7, 11) is 0. The molecule has 0 heterocycles. The minimum atomic E-state index is -4.38. The van der Waals surface area contributed by atoms with Crippen LogP contribution in [0.1, 0.15) is 43.7 Å². The first kappa shape index (κ1) is 19.0. The molecule has 0 saturated heterocycles. The molecule has 2 aromatic carbocycles. The van der Waals surface area contributed by atoms with E-state index in [-0.39, 0.29) is 5.57 Å². The molecule has 25 heavy (non-hydrogen) atoms. The maximum absolute atomic E-state index is 12.7. The van der Waals surface area contributed by atoms with Crippen molar-refractivity contribution in [2.75, 3.05) is 6.61 Å². The molecule has 0 spiro atoms. The summed E-state index contributed by atoms with van der Waals surface area (Å²) in [6, 6.07) is 8.30. The number of hydrogen-bond acceptors (Lipinski definition) is 2. The first-order chi connectivity index (χ1) is 11.8. The lowest BCUT2D eigenvalue weighted by molar-refractivity contribution is -0.138. The summed E-state index contributed by atoms with van der Waals surface area (Å²) in [6.45, 7) is 6.20. The molecule has 2 aromatic rings. The van der Waals surface area contributed by atoms with Gasteiger partial charge in [-0.25, -0.2) is 4.79 Å². The molecule has 0 bridgehead atoms. The lowest BCUT2D eigenvalue weighted by Gasteiger charge is -2.10. The van der Waals surface area contributed by atoms with E-state index in [0.29, 0.717) is 22.9 Å². The van der Waals surface area contributed by atoms with Crippen LogP contribution in [0.3, 0.4) is 0 Å². The first-order valence-electron chi connectivity index (χ1n) is 8.30. The predicted octanol–water partition coefficient (Wildman–Crippen LogP) is 6.00. The molecule has 0 atom stereocenters. The molecular formula is C20H21F3O2. The molecular weight excluding hydrogens is 329 g/mol. The second kappa shape index (κ2) is 8.19. The summed E-state index contributed by atoms with van der Waals surface area (Å²) in [4.78, 5) is 12.0. The Bertz CT molecular complexity index is 763. The van der Waals surface area contributed by atoms with E-state index in [9.17, 15) is 18.0 Å². The minimum absolute atomic E-state index is 0.206. The number of alkyl halides is 3. The molecule has 0 amide bonds. The Labute approximate surface area is 145 Å². The summed E-state index contributed by atoms with van der Waals surface area (Å²) in [5.74, 6) is -0.497. The van der Waals surface area contributed by atoms with Gasteiger partial charge in [0.05, 0.1) is 17.7 Å². The summed E-state index contributed by atoms with van der Waals surface area (Å²) in [5, 5.41) is 1.07. The van der Waals surface area contributed by atoms with Crippen molar-refractivity contribution in [2.45, 2.75) is 38.8 Å². The van der Waals surface area contributed by atoms with Crippen LogP contribution in [0.4, 0.5) is 13.2 Å². The highest BCUT2D eigenvalue weighted by atomic mass is 19.4. The molecule has 0 N–H and O–H groups in total. The molecule has 0 radical (unpaired) electrons. The largest absolute Gasteiger partial charge is 0.462 e. The molecule has 0 fully saturated rings. The van der Waals surface area contributed by atoms with Gasteiger partial charge in [-0.1, -0.05) is 51.0 Å². The van der Waals surface area contributed by atoms with E-state index in [2.05, 4.69) is 13.5 Å².